The lowest BCUT2D eigenvalue weighted by Crippen LogP contribution is -2.15. The van der Waals surface area contributed by atoms with Gasteiger partial charge in [0.2, 0.25) is 0 Å². The fraction of sp³-hybridized carbons (Fsp3) is 0.222. The van der Waals surface area contributed by atoms with E-state index in [1.807, 2.05) is 13.8 Å². The van der Waals surface area contributed by atoms with Crippen LogP contribution in [0.3, 0.4) is 0 Å². The minimum absolute atomic E-state index is 0.0247. The first-order valence-electron chi connectivity index (χ1n) is 7.73. The van der Waals surface area contributed by atoms with Crippen LogP contribution >= 0.6 is 23.1 Å². The van der Waals surface area contributed by atoms with Gasteiger partial charge in [-0.15, -0.1) is 11.3 Å². The normalized spacial score (nSPS) is 10.9. The van der Waals surface area contributed by atoms with Gasteiger partial charge in [0.25, 0.3) is 0 Å². The van der Waals surface area contributed by atoms with Gasteiger partial charge in [0.05, 0.1) is 5.75 Å². The molecule has 0 aliphatic rings. The summed E-state index contributed by atoms with van der Waals surface area (Å²) < 4.78 is 18.1. The summed E-state index contributed by atoms with van der Waals surface area (Å²) in [4.78, 5) is 34.4. The molecule has 0 spiro atoms. The standard InChI is InChI=1S/C18H15FN2O3S2/c1-10-11(2)26-18-16(10)17(20-9-21-18)25-8-15(23)24-7-14(22)12-4-3-5-13(19)6-12/h3-6,9H,7-8H2,1-2H3. The smallest absolute Gasteiger partial charge is 0.316 e. The number of benzene rings is 1. The second kappa shape index (κ2) is 7.92. The molecular weight excluding hydrogens is 375 g/mol. The van der Waals surface area contributed by atoms with Crippen LogP contribution in [0.2, 0.25) is 0 Å². The van der Waals surface area contributed by atoms with Crippen molar-refractivity contribution in [1.29, 1.82) is 0 Å². The van der Waals surface area contributed by atoms with Gasteiger partial charge in [-0.1, -0.05) is 23.9 Å². The third kappa shape index (κ3) is 4.08. The Morgan fingerprint density at radius 1 is 1.27 bits per heavy atom. The highest BCUT2D eigenvalue weighted by atomic mass is 32.2. The van der Waals surface area contributed by atoms with E-state index in [-0.39, 0.29) is 11.3 Å². The van der Waals surface area contributed by atoms with Crippen LogP contribution in [0.5, 0.6) is 0 Å². The largest absolute Gasteiger partial charge is 0.457 e. The predicted molar refractivity (Wildman–Crippen MR) is 99.3 cm³/mol. The Bertz CT molecular complexity index is 988. The number of ether oxygens (including phenoxy) is 1. The molecule has 0 unspecified atom stereocenters. The van der Waals surface area contributed by atoms with Crippen molar-refractivity contribution < 1.29 is 18.7 Å². The highest BCUT2D eigenvalue weighted by molar-refractivity contribution is 8.00. The van der Waals surface area contributed by atoms with Crippen LogP contribution in [-0.4, -0.2) is 34.1 Å². The van der Waals surface area contributed by atoms with Crippen molar-refractivity contribution in [1.82, 2.24) is 9.97 Å². The summed E-state index contributed by atoms with van der Waals surface area (Å²) in [5, 5.41) is 1.66. The third-order valence-corrected chi connectivity index (χ3v) is 5.85. The number of carbonyl (C=O) groups is 2. The minimum atomic E-state index is -0.531. The van der Waals surface area contributed by atoms with Crippen molar-refractivity contribution in [2.75, 3.05) is 12.4 Å². The molecule has 0 amide bonds. The molecule has 134 valence electrons. The fourth-order valence-electron chi connectivity index (χ4n) is 2.32. The van der Waals surface area contributed by atoms with E-state index in [0.717, 1.165) is 26.7 Å². The number of Topliss-reactive ketones (excluding diaryl/α,β-unsaturated/α-hetero) is 1. The summed E-state index contributed by atoms with van der Waals surface area (Å²) in [6, 6.07) is 5.28. The van der Waals surface area contributed by atoms with Gasteiger partial charge in [-0.2, -0.15) is 0 Å². The Balaban J connectivity index is 1.59. The molecule has 0 atom stereocenters. The van der Waals surface area contributed by atoms with Crippen molar-refractivity contribution in [3.63, 3.8) is 0 Å². The molecule has 0 saturated carbocycles. The second-order valence-corrected chi connectivity index (χ2v) is 7.69. The number of halogens is 1. The number of fused-ring (bicyclic) bond motifs is 1. The van der Waals surface area contributed by atoms with Gasteiger partial charge in [-0.3, -0.25) is 9.59 Å². The molecule has 0 radical (unpaired) electrons. The zero-order valence-electron chi connectivity index (χ0n) is 14.1. The minimum Gasteiger partial charge on any atom is -0.457 e. The highest BCUT2D eigenvalue weighted by Gasteiger charge is 2.15. The summed E-state index contributed by atoms with van der Waals surface area (Å²) in [5.41, 5.74) is 1.27. The molecule has 8 heteroatoms. The number of thioether (sulfide) groups is 1. The van der Waals surface area contributed by atoms with E-state index in [0.29, 0.717) is 5.03 Å². The highest BCUT2D eigenvalue weighted by Crippen LogP contribution is 2.34. The first kappa shape index (κ1) is 18.5. The molecule has 3 aromatic rings. The van der Waals surface area contributed by atoms with E-state index in [1.54, 1.807) is 11.3 Å². The number of carbonyl (C=O) groups excluding carboxylic acids is 2. The summed E-state index contributed by atoms with van der Waals surface area (Å²) in [5.74, 6) is -1.46. The summed E-state index contributed by atoms with van der Waals surface area (Å²) in [6.07, 6.45) is 1.47. The average Bonchev–Trinajstić information content (AvgIpc) is 2.92. The number of thiophene rings is 1. The van der Waals surface area contributed by atoms with Gasteiger partial charge >= 0.3 is 5.97 Å². The molecule has 2 aromatic heterocycles. The maximum atomic E-state index is 13.1. The fourth-order valence-corrected chi connectivity index (χ4v) is 4.23. The quantitative estimate of drug-likeness (QED) is 0.275. The maximum Gasteiger partial charge on any atom is 0.316 e. The number of esters is 1. The maximum absolute atomic E-state index is 13.1. The van der Waals surface area contributed by atoms with Crippen LogP contribution in [0.1, 0.15) is 20.8 Å². The number of hydrogen-bond donors (Lipinski definition) is 0. The van der Waals surface area contributed by atoms with Gasteiger partial charge in [-0.05, 0) is 31.5 Å². The number of rotatable bonds is 6. The van der Waals surface area contributed by atoms with E-state index in [2.05, 4.69) is 9.97 Å². The second-order valence-electron chi connectivity index (χ2n) is 5.53. The van der Waals surface area contributed by atoms with Crippen LogP contribution in [0.4, 0.5) is 4.39 Å². The molecular formula is C18H15FN2O3S2. The Hall–Kier alpha value is -2.32. The Morgan fingerprint density at radius 2 is 2.08 bits per heavy atom. The molecule has 3 rings (SSSR count). The van der Waals surface area contributed by atoms with Crippen LogP contribution in [0, 0.1) is 19.7 Å². The number of ketones is 1. The number of aromatic nitrogens is 2. The van der Waals surface area contributed by atoms with Crippen LogP contribution in [0.15, 0.2) is 35.6 Å². The number of aryl methyl sites for hydroxylation is 2. The van der Waals surface area contributed by atoms with E-state index in [9.17, 15) is 14.0 Å². The average molecular weight is 390 g/mol. The third-order valence-electron chi connectivity index (χ3n) is 3.77. The van der Waals surface area contributed by atoms with Gasteiger partial charge in [0.15, 0.2) is 12.4 Å². The van der Waals surface area contributed by atoms with E-state index < -0.39 is 24.2 Å². The predicted octanol–water partition coefficient (Wildman–Crippen LogP) is 3.97. The molecule has 0 N–H and O–H groups in total. The Kier molecular flexibility index (Phi) is 5.63. The number of nitrogens with zero attached hydrogens (tertiary/aromatic N) is 2. The van der Waals surface area contributed by atoms with Crippen LogP contribution in [-0.2, 0) is 9.53 Å². The molecule has 5 nitrogen and oxygen atoms in total. The molecule has 0 aliphatic carbocycles. The molecule has 2 heterocycles. The van der Waals surface area contributed by atoms with Gasteiger partial charge in [0.1, 0.15) is 22.0 Å². The van der Waals surface area contributed by atoms with Crippen molar-refractivity contribution in [2.24, 2.45) is 0 Å². The number of hydrogen-bond acceptors (Lipinski definition) is 7. The molecule has 0 saturated heterocycles. The lowest BCUT2D eigenvalue weighted by molar-refractivity contribution is -0.139. The Labute approximate surface area is 157 Å². The van der Waals surface area contributed by atoms with Gasteiger partial charge in [-0.25, -0.2) is 14.4 Å². The Morgan fingerprint density at radius 3 is 2.85 bits per heavy atom. The van der Waals surface area contributed by atoms with E-state index in [1.165, 1.54) is 36.3 Å². The summed E-state index contributed by atoms with van der Waals surface area (Å²) >= 11 is 2.83. The molecule has 26 heavy (non-hydrogen) atoms. The SMILES string of the molecule is Cc1sc2ncnc(SCC(=O)OCC(=O)c3cccc(F)c3)c2c1C. The van der Waals surface area contributed by atoms with Crippen LogP contribution < -0.4 is 0 Å². The topological polar surface area (TPSA) is 69.2 Å². The zero-order valence-corrected chi connectivity index (χ0v) is 15.7. The van der Waals surface area contributed by atoms with Crippen LogP contribution in [0.25, 0.3) is 10.2 Å². The molecule has 0 bridgehead atoms. The van der Waals surface area contributed by atoms with Crippen molar-refractivity contribution >= 4 is 45.1 Å². The van der Waals surface area contributed by atoms with Gasteiger partial charge < -0.3 is 4.74 Å². The lowest BCUT2D eigenvalue weighted by Gasteiger charge is -2.05. The van der Waals surface area contributed by atoms with Gasteiger partial charge in [0, 0.05) is 15.8 Å². The molecule has 0 fully saturated rings. The summed E-state index contributed by atoms with van der Waals surface area (Å²) in [7, 11) is 0. The van der Waals surface area contributed by atoms with Crippen molar-refractivity contribution in [3.8, 4) is 0 Å². The first-order valence-corrected chi connectivity index (χ1v) is 9.54. The monoisotopic (exact) mass is 390 g/mol. The van der Waals surface area contributed by atoms with E-state index >= 15 is 0 Å². The molecule has 0 aliphatic heterocycles. The first-order chi connectivity index (χ1) is 12.5. The lowest BCUT2D eigenvalue weighted by atomic mass is 10.1. The van der Waals surface area contributed by atoms with Crippen molar-refractivity contribution in [2.45, 2.75) is 18.9 Å². The van der Waals surface area contributed by atoms with Crippen molar-refractivity contribution in [3.05, 3.63) is 52.4 Å². The molecule has 1 aromatic carbocycles. The van der Waals surface area contributed by atoms with E-state index in [4.69, 9.17) is 4.74 Å². The summed E-state index contributed by atoms with van der Waals surface area (Å²) in [6.45, 7) is 3.60. The zero-order chi connectivity index (χ0) is 18.7.